The minimum absolute atomic E-state index is 0.0452. The van der Waals surface area contributed by atoms with Crippen LogP contribution in [0.15, 0.2) is 33.9 Å². The first-order chi connectivity index (χ1) is 11.7. The minimum atomic E-state index is 0.0452. The molecule has 2 aliphatic carbocycles. The van der Waals surface area contributed by atoms with Crippen LogP contribution in [0.3, 0.4) is 0 Å². The maximum atomic E-state index is 12.1. The molecule has 5 nitrogen and oxygen atoms in total. The van der Waals surface area contributed by atoms with Gasteiger partial charge in [-0.2, -0.15) is 0 Å². The Hall–Kier alpha value is -1.53. The molecule has 126 valence electrons. The Morgan fingerprint density at radius 1 is 1.25 bits per heavy atom. The monoisotopic (exact) mass is 363 g/mol. The van der Waals surface area contributed by atoms with Gasteiger partial charge in [0.2, 0.25) is 11.8 Å². The van der Waals surface area contributed by atoms with E-state index in [4.69, 9.17) is 16.0 Å². The van der Waals surface area contributed by atoms with Crippen molar-refractivity contribution >= 4 is 29.3 Å². The SMILES string of the molecule is O=C(CSc1nnc(-c2ccc(Cl)cc2)o1)NC1CC2CCC1C2. The first kappa shape index (κ1) is 16.0. The Morgan fingerprint density at radius 3 is 2.79 bits per heavy atom. The fourth-order valence-corrected chi connectivity index (χ4v) is 4.47. The summed E-state index contributed by atoms with van der Waals surface area (Å²) in [5, 5.41) is 12.2. The van der Waals surface area contributed by atoms with Crippen molar-refractivity contribution in [2.75, 3.05) is 5.75 Å². The molecule has 2 aliphatic rings. The van der Waals surface area contributed by atoms with Gasteiger partial charge in [0.05, 0.1) is 5.75 Å². The Kier molecular flexibility index (Phi) is 4.50. The molecular weight excluding hydrogens is 346 g/mol. The summed E-state index contributed by atoms with van der Waals surface area (Å²) in [7, 11) is 0. The predicted molar refractivity (Wildman–Crippen MR) is 92.8 cm³/mol. The summed E-state index contributed by atoms with van der Waals surface area (Å²) >= 11 is 7.14. The van der Waals surface area contributed by atoms with Crippen molar-refractivity contribution in [1.29, 1.82) is 0 Å². The first-order valence-electron chi connectivity index (χ1n) is 8.19. The molecule has 0 spiro atoms. The maximum Gasteiger partial charge on any atom is 0.277 e. The molecule has 3 atom stereocenters. The number of amides is 1. The van der Waals surface area contributed by atoms with Crippen molar-refractivity contribution in [3.63, 3.8) is 0 Å². The van der Waals surface area contributed by atoms with Crippen molar-refractivity contribution in [3.8, 4) is 11.5 Å². The summed E-state index contributed by atoms with van der Waals surface area (Å²) < 4.78 is 5.60. The second kappa shape index (κ2) is 6.76. The number of benzene rings is 1. The number of nitrogens with zero attached hydrogens (tertiary/aromatic N) is 2. The summed E-state index contributed by atoms with van der Waals surface area (Å²) in [4.78, 5) is 12.1. The fraction of sp³-hybridized carbons (Fsp3) is 0.471. The number of nitrogens with one attached hydrogen (secondary N) is 1. The molecule has 0 aliphatic heterocycles. The zero-order chi connectivity index (χ0) is 16.5. The molecule has 2 saturated carbocycles. The molecule has 4 rings (SSSR count). The highest BCUT2D eigenvalue weighted by Crippen LogP contribution is 2.44. The van der Waals surface area contributed by atoms with E-state index in [1.165, 1.54) is 31.0 Å². The van der Waals surface area contributed by atoms with Gasteiger partial charge in [0.25, 0.3) is 5.22 Å². The number of thioether (sulfide) groups is 1. The Labute approximate surface area is 149 Å². The second-order valence-electron chi connectivity index (χ2n) is 6.52. The number of carbonyl (C=O) groups is 1. The fourth-order valence-electron chi connectivity index (χ4n) is 3.77. The van der Waals surface area contributed by atoms with E-state index in [-0.39, 0.29) is 5.91 Å². The molecule has 1 aromatic heterocycles. The van der Waals surface area contributed by atoms with E-state index in [1.807, 2.05) is 12.1 Å². The summed E-state index contributed by atoms with van der Waals surface area (Å²) in [5.41, 5.74) is 0.810. The predicted octanol–water partition coefficient (Wildman–Crippen LogP) is 3.79. The molecule has 0 saturated heterocycles. The van der Waals surface area contributed by atoms with Gasteiger partial charge in [0, 0.05) is 16.6 Å². The van der Waals surface area contributed by atoms with Crippen LogP contribution < -0.4 is 5.32 Å². The molecule has 3 unspecified atom stereocenters. The third-order valence-corrected chi connectivity index (χ3v) is 5.98. The standard InChI is InChI=1S/C17H18ClN3O2S/c18-13-5-3-11(4-6-13)16-20-21-17(23-16)24-9-15(22)19-14-8-10-1-2-12(14)7-10/h3-6,10,12,14H,1-2,7-9H2,(H,19,22). The van der Waals surface area contributed by atoms with Crippen LogP contribution in [0, 0.1) is 11.8 Å². The van der Waals surface area contributed by atoms with Crippen LogP contribution in [0.25, 0.3) is 11.5 Å². The number of carbonyl (C=O) groups excluding carboxylic acids is 1. The number of rotatable bonds is 5. The summed E-state index contributed by atoms with van der Waals surface area (Å²) in [6, 6.07) is 7.56. The number of aromatic nitrogens is 2. The molecule has 1 N–H and O–H groups in total. The smallest absolute Gasteiger partial charge is 0.277 e. The van der Waals surface area contributed by atoms with Gasteiger partial charge in [-0.15, -0.1) is 10.2 Å². The van der Waals surface area contributed by atoms with Crippen molar-refractivity contribution < 1.29 is 9.21 Å². The minimum Gasteiger partial charge on any atom is -0.411 e. The highest BCUT2D eigenvalue weighted by Gasteiger charge is 2.40. The average Bonchev–Trinajstić information content (AvgIpc) is 3.30. The van der Waals surface area contributed by atoms with Crippen LogP contribution in [0.2, 0.25) is 5.02 Å². The third-order valence-electron chi connectivity index (χ3n) is 4.91. The summed E-state index contributed by atoms with van der Waals surface area (Å²) in [6.45, 7) is 0. The largest absolute Gasteiger partial charge is 0.411 e. The molecule has 2 aromatic rings. The quantitative estimate of drug-likeness (QED) is 0.818. The van der Waals surface area contributed by atoms with Gasteiger partial charge in [-0.25, -0.2) is 0 Å². The first-order valence-corrected chi connectivity index (χ1v) is 9.55. The summed E-state index contributed by atoms with van der Waals surface area (Å²) in [6.07, 6.45) is 5.02. The second-order valence-corrected chi connectivity index (χ2v) is 7.88. The third kappa shape index (κ3) is 3.44. The lowest BCUT2D eigenvalue weighted by Gasteiger charge is -2.22. The van der Waals surface area contributed by atoms with Crippen LogP contribution in [-0.4, -0.2) is 27.9 Å². The molecule has 2 fully saturated rings. The van der Waals surface area contributed by atoms with Gasteiger partial charge in [0.1, 0.15) is 0 Å². The van der Waals surface area contributed by atoms with Gasteiger partial charge < -0.3 is 9.73 Å². The summed E-state index contributed by atoms with van der Waals surface area (Å²) in [5.74, 6) is 2.29. The molecule has 1 heterocycles. The van der Waals surface area contributed by atoms with Gasteiger partial charge >= 0.3 is 0 Å². The van der Waals surface area contributed by atoms with E-state index < -0.39 is 0 Å². The molecule has 2 bridgehead atoms. The van der Waals surface area contributed by atoms with Crippen molar-refractivity contribution in [2.45, 2.75) is 36.9 Å². The van der Waals surface area contributed by atoms with Gasteiger partial charge in [-0.3, -0.25) is 4.79 Å². The van der Waals surface area contributed by atoms with E-state index in [2.05, 4.69) is 15.5 Å². The van der Waals surface area contributed by atoms with E-state index >= 15 is 0 Å². The zero-order valence-corrected chi connectivity index (χ0v) is 14.6. The molecular formula is C17H18ClN3O2S. The van der Waals surface area contributed by atoms with Crippen LogP contribution >= 0.6 is 23.4 Å². The molecule has 0 radical (unpaired) electrons. The van der Waals surface area contributed by atoms with Crippen molar-refractivity contribution in [1.82, 2.24) is 15.5 Å². The molecule has 7 heteroatoms. The van der Waals surface area contributed by atoms with Gasteiger partial charge in [-0.05, 0) is 55.4 Å². The topological polar surface area (TPSA) is 68.0 Å². The number of fused-ring (bicyclic) bond motifs is 2. The van der Waals surface area contributed by atoms with E-state index in [0.29, 0.717) is 33.8 Å². The number of halogens is 1. The van der Waals surface area contributed by atoms with Crippen LogP contribution in [0.1, 0.15) is 25.7 Å². The average molecular weight is 364 g/mol. The zero-order valence-electron chi connectivity index (χ0n) is 13.1. The normalized spacial score (nSPS) is 25.1. The van der Waals surface area contributed by atoms with Crippen LogP contribution in [0.5, 0.6) is 0 Å². The molecule has 24 heavy (non-hydrogen) atoms. The Bertz CT molecular complexity index is 734. The Balaban J connectivity index is 1.30. The lowest BCUT2D eigenvalue weighted by molar-refractivity contribution is -0.119. The van der Waals surface area contributed by atoms with Crippen LogP contribution in [-0.2, 0) is 4.79 Å². The number of hydrogen-bond acceptors (Lipinski definition) is 5. The van der Waals surface area contributed by atoms with Crippen molar-refractivity contribution in [3.05, 3.63) is 29.3 Å². The van der Waals surface area contributed by atoms with E-state index in [9.17, 15) is 4.79 Å². The Morgan fingerprint density at radius 2 is 2.08 bits per heavy atom. The highest BCUT2D eigenvalue weighted by atomic mass is 35.5. The molecule has 1 amide bonds. The number of hydrogen-bond donors (Lipinski definition) is 1. The lowest BCUT2D eigenvalue weighted by atomic mass is 9.95. The van der Waals surface area contributed by atoms with Gasteiger partial charge in [-0.1, -0.05) is 29.8 Å². The highest BCUT2D eigenvalue weighted by molar-refractivity contribution is 7.99. The maximum absolute atomic E-state index is 12.1. The van der Waals surface area contributed by atoms with Crippen molar-refractivity contribution in [2.24, 2.45) is 11.8 Å². The van der Waals surface area contributed by atoms with Gasteiger partial charge in [0.15, 0.2) is 0 Å². The lowest BCUT2D eigenvalue weighted by Crippen LogP contribution is -2.39. The molecule has 1 aromatic carbocycles. The van der Waals surface area contributed by atoms with E-state index in [0.717, 1.165) is 17.9 Å². The van der Waals surface area contributed by atoms with E-state index in [1.54, 1.807) is 12.1 Å². The van der Waals surface area contributed by atoms with Crippen LogP contribution in [0.4, 0.5) is 0 Å².